The number of aldehydes is 1. The third-order valence-corrected chi connectivity index (χ3v) is 4.23. The maximum atomic E-state index is 10.9. The summed E-state index contributed by atoms with van der Waals surface area (Å²) in [6, 6.07) is 0. The van der Waals surface area contributed by atoms with Crippen LogP contribution >= 0.6 is 0 Å². The highest BCUT2D eigenvalue weighted by Gasteiger charge is 2.41. The average Bonchev–Trinajstić information content (AvgIpc) is 2.16. The summed E-state index contributed by atoms with van der Waals surface area (Å²) < 4.78 is 0. The average molecular weight is 192 g/mol. The van der Waals surface area contributed by atoms with E-state index >= 15 is 0 Å². The fourth-order valence-corrected chi connectivity index (χ4v) is 3.39. The van der Waals surface area contributed by atoms with Gasteiger partial charge in [-0.3, -0.25) is 0 Å². The number of hydrogen-bond donors (Lipinski definition) is 0. The number of carbonyl (C=O) groups excluding carboxylic acids is 1. The van der Waals surface area contributed by atoms with Crippen LogP contribution < -0.4 is 0 Å². The second kappa shape index (κ2) is 3.52. The van der Waals surface area contributed by atoms with Gasteiger partial charge in [-0.2, -0.15) is 0 Å². The van der Waals surface area contributed by atoms with Gasteiger partial charge < -0.3 is 4.79 Å². The van der Waals surface area contributed by atoms with Crippen molar-refractivity contribution in [2.24, 2.45) is 29.6 Å². The van der Waals surface area contributed by atoms with Crippen molar-refractivity contribution in [2.75, 3.05) is 0 Å². The van der Waals surface area contributed by atoms with Crippen molar-refractivity contribution in [1.29, 1.82) is 0 Å². The predicted molar refractivity (Wildman–Crippen MR) is 57.9 cm³/mol. The molecule has 3 aliphatic rings. The molecule has 2 bridgehead atoms. The number of allylic oxidation sites excluding steroid dienone is 2. The molecule has 0 aromatic rings. The van der Waals surface area contributed by atoms with Gasteiger partial charge in [0.2, 0.25) is 0 Å². The number of fused-ring (bicyclic) bond motifs is 2. The summed E-state index contributed by atoms with van der Waals surface area (Å²) >= 11 is 0. The molecule has 0 aromatic carbocycles. The molecule has 3 aliphatic carbocycles. The van der Waals surface area contributed by atoms with Crippen LogP contribution in [0.4, 0.5) is 0 Å². The standard InChI is InChI=1S/C13H20O/c1-8(2)12-6-13-9(3)4-10(12)5-11(13)7-14/h4,7-8,10-13H,5-6H2,1-3H3/t10-,11?,12?,13+/m1/s1. The Bertz CT molecular complexity index is 264. The van der Waals surface area contributed by atoms with Crippen molar-refractivity contribution < 1.29 is 4.79 Å². The summed E-state index contributed by atoms with van der Waals surface area (Å²) in [6.45, 7) is 6.82. The zero-order chi connectivity index (χ0) is 10.3. The molecule has 0 N–H and O–H groups in total. The third-order valence-electron chi connectivity index (χ3n) is 4.23. The van der Waals surface area contributed by atoms with E-state index in [0.29, 0.717) is 17.8 Å². The van der Waals surface area contributed by atoms with Crippen LogP contribution in [0.3, 0.4) is 0 Å². The highest BCUT2D eigenvalue weighted by atomic mass is 16.1. The number of carbonyl (C=O) groups is 1. The van der Waals surface area contributed by atoms with Crippen LogP contribution in [-0.4, -0.2) is 6.29 Å². The van der Waals surface area contributed by atoms with Crippen molar-refractivity contribution in [2.45, 2.75) is 33.6 Å². The van der Waals surface area contributed by atoms with Crippen LogP contribution in [0.1, 0.15) is 33.6 Å². The first kappa shape index (κ1) is 9.95. The molecule has 78 valence electrons. The zero-order valence-electron chi connectivity index (χ0n) is 9.36. The first-order valence-electron chi connectivity index (χ1n) is 5.77. The van der Waals surface area contributed by atoms with Crippen molar-refractivity contribution >= 4 is 6.29 Å². The van der Waals surface area contributed by atoms with Crippen LogP contribution in [0.15, 0.2) is 11.6 Å². The second-order valence-electron chi connectivity index (χ2n) is 5.36. The minimum atomic E-state index is 0.319. The molecule has 1 fully saturated rings. The maximum absolute atomic E-state index is 10.9. The van der Waals surface area contributed by atoms with Gasteiger partial charge in [-0.25, -0.2) is 0 Å². The van der Waals surface area contributed by atoms with Gasteiger partial charge in [0, 0.05) is 5.92 Å². The zero-order valence-corrected chi connectivity index (χ0v) is 9.36. The van der Waals surface area contributed by atoms with E-state index in [1.165, 1.54) is 18.3 Å². The van der Waals surface area contributed by atoms with Crippen LogP contribution in [0.2, 0.25) is 0 Å². The van der Waals surface area contributed by atoms with Gasteiger partial charge >= 0.3 is 0 Å². The molecule has 0 amide bonds. The normalized spacial score (nSPS) is 41.3. The molecule has 3 rings (SSSR count). The maximum Gasteiger partial charge on any atom is 0.123 e. The number of hydrogen-bond acceptors (Lipinski definition) is 1. The Hall–Kier alpha value is -0.590. The number of rotatable bonds is 2. The Balaban J connectivity index is 2.22. The van der Waals surface area contributed by atoms with E-state index in [4.69, 9.17) is 0 Å². The first-order valence-corrected chi connectivity index (χ1v) is 5.77. The molecule has 1 saturated carbocycles. The van der Waals surface area contributed by atoms with Crippen LogP contribution in [-0.2, 0) is 4.79 Å². The van der Waals surface area contributed by atoms with E-state index in [0.717, 1.165) is 18.3 Å². The van der Waals surface area contributed by atoms with Crippen LogP contribution in [0.5, 0.6) is 0 Å². The smallest absolute Gasteiger partial charge is 0.123 e. The van der Waals surface area contributed by atoms with Gasteiger partial charge in [0.15, 0.2) is 0 Å². The first-order chi connectivity index (χ1) is 6.63. The highest BCUT2D eigenvalue weighted by molar-refractivity contribution is 5.56. The van der Waals surface area contributed by atoms with E-state index in [2.05, 4.69) is 26.8 Å². The van der Waals surface area contributed by atoms with Crippen LogP contribution in [0.25, 0.3) is 0 Å². The SMILES string of the molecule is CC1=C[C@@H]2CC(C=O)[C@H]1CC2C(C)C. The summed E-state index contributed by atoms with van der Waals surface area (Å²) in [5, 5.41) is 0. The fraction of sp³-hybridized carbons (Fsp3) is 0.769. The molecule has 0 aliphatic heterocycles. The lowest BCUT2D eigenvalue weighted by atomic mass is 9.59. The molecule has 2 unspecified atom stereocenters. The molecule has 0 radical (unpaired) electrons. The Kier molecular flexibility index (Phi) is 2.50. The van der Waals surface area contributed by atoms with Gasteiger partial charge in [-0.1, -0.05) is 25.5 Å². The van der Waals surface area contributed by atoms with Gasteiger partial charge in [-0.05, 0) is 43.4 Å². The second-order valence-corrected chi connectivity index (χ2v) is 5.36. The molecule has 0 spiro atoms. The molecular weight excluding hydrogens is 172 g/mol. The monoisotopic (exact) mass is 192 g/mol. The molecule has 4 atom stereocenters. The van der Waals surface area contributed by atoms with Crippen molar-refractivity contribution in [3.8, 4) is 0 Å². The largest absolute Gasteiger partial charge is 0.303 e. The van der Waals surface area contributed by atoms with E-state index in [1.807, 2.05) is 0 Å². The van der Waals surface area contributed by atoms with Crippen molar-refractivity contribution in [1.82, 2.24) is 0 Å². The minimum Gasteiger partial charge on any atom is -0.303 e. The molecule has 0 heterocycles. The Morgan fingerprint density at radius 3 is 2.64 bits per heavy atom. The Morgan fingerprint density at radius 1 is 1.43 bits per heavy atom. The summed E-state index contributed by atoms with van der Waals surface area (Å²) in [4.78, 5) is 10.9. The van der Waals surface area contributed by atoms with Gasteiger partial charge in [0.1, 0.15) is 6.29 Å². The summed E-state index contributed by atoms with van der Waals surface area (Å²) in [5.41, 5.74) is 1.47. The fourth-order valence-electron chi connectivity index (χ4n) is 3.39. The van der Waals surface area contributed by atoms with E-state index in [-0.39, 0.29) is 0 Å². The highest BCUT2D eigenvalue weighted by Crippen LogP contribution is 2.49. The molecule has 0 saturated heterocycles. The molecule has 1 heteroatoms. The third kappa shape index (κ3) is 1.43. The van der Waals surface area contributed by atoms with Crippen molar-refractivity contribution in [3.05, 3.63) is 11.6 Å². The lowest BCUT2D eigenvalue weighted by Gasteiger charge is -2.45. The van der Waals surface area contributed by atoms with E-state index in [1.54, 1.807) is 0 Å². The Morgan fingerprint density at radius 2 is 2.14 bits per heavy atom. The summed E-state index contributed by atoms with van der Waals surface area (Å²) in [5.74, 6) is 3.14. The van der Waals surface area contributed by atoms with Gasteiger partial charge in [0.05, 0.1) is 0 Å². The minimum absolute atomic E-state index is 0.319. The van der Waals surface area contributed by atoms with Gasteiger partial charge in [0.25, 0.3) is 0 Å². The Labute approximate surface area is 86.6 Å². The predicted octanol–water partition coefficient (Wildman–Crippen LogP) is 3.06. The summed E-state index contributed by atoms with van der Waals surface area (Å²) in [6.07, 6.45) is 5.96. The van der Waals surface area contributed by atoms with E-state index in [9.17, 15) is 4.79 Å². The summed E-state index contributed by atoms with van der Waals surface area (Å²) in [7, 11) is 0. The van der Waals surface area contributed by atoms with Gasteiger partial charge in [-0.15, -0.1) is 0 Å². The molecular formula is C13H20O. The molecule has 0 aromatic heterocycles. The van der Waals surface area contributed by atoms with Crippen LogP contribution in [0, 0.1) is 29.6 Å². The van der Waals surface area contributed by atoms with Crippen molar-refractivity contribution in [3.63, 3.8) is 0 Å². The quantitative estimate of drug-likeness (QED) is 0.485. The molecule has 1 nitrogen and oxygen atoms in total. The topological polar surface area (TPSA) is 17.1 Å². The lowest BCUT2D eigenvalue weighted by molar-refractivity contribution is -0.114. The lowest BCUT2D eigenvalue weighted by Crippen LogP contribution is -2.39. The van der Waals surface area contributed by atoms with E-state index < -0.39 is 0 Å². The molecule has 14 heavy (non-hydrogen) atoms.